The van der Waals surface area contributed by atoms with Crippen LogP contribution in [0.25, 0.3) is 0 Å². The Morgan fingerprint density at radius 3 is 2.74 bits per heavy atom. The first-order chi connectivity index (χ1) is 9.29. The Labute approximate surface area is 113 Å². The molecule has 19 heavy (non-hydrogen) atoms. The van der Waals surface area contributed by atoms with E-state index in [1.54, 1.807) is 6.26 Å². The summed E-state index contributed by atoms with van der Waals surface area (Å²) in [6.45, 7) is 1.97. The summed E-state index contributed by atoms with van der Waals surface area (Å²) in [5.41, 5.74) is 6.65. The molecule has 1 saturated carbocycles. The SMILES string of the molecule is Cc1occc1C(NN)c1cccc(C2CCC2)c1. The molecule has 0 amide bonds. The van der Waals surface area contributed by atoms with Gasteiger partial charge >= 0.3 is 0 Å². The van der Waals surface area contributed by atoms with Crippen molar-refractivity contribution in [2.24, 2.45) is 5.84 Å². The molecule has 1 aromatic carbocycles. The van der Waals surface area contributed by atoms with Gasteiger partial charge in [0.25, 0.3) is 0 Å². The summed E-state index contributed by atoms with van der Waals surface area (Å²) in [6.07, 6.45) is 5.70. The maximum Gasteiger partial charge on any atom is 0.105 e. The van der Waals surface area contributed by atoms with Gasteiger partial charge in [0.05, 0.1) is 12.3 Å². The molecule has 1 aromatic heterocycles. The zero-order valence-electron chi connectivity index (χ0n) is 11.2. The van der Waals surface area contributed by atoms with Crippen molar-refractivity contribution in [2.45, 2.75) is 38.1 Å². The van der Waals surface area contributed by atoms with E-state index >= 15 is 0 Å². The molecule has 3 nitrogen and oxygen atoms in total. The molecular formula is C16H20N2O. The first-order valence-corrected chi connectivity index (χ1v) is 6.89. The minimum absolute atomic E-state index is 0.00113. The molecule has 100 valence electrons. The number of hydrazine groups is 1. The molecule has 1 heterocycles. The highest BCUT2D eigenvalue weighted by atomic mass is 16.3. The van der Waals surface area contributed by atoms with Crippen molar-refractivity contribution in [1.29, 1.82) is 0 Å². The van der Waals surface area contributed by atoms with E-state index < -0.39 is 0 Å². The molecule has 0 saturated heterocycles. The van der Waals surface area contributed by atoms with Crippen molar-refractivity contribution < 1.29 is 4.42 Å². The second-order valence-electron chi connectivity index (χ2n) is 5.33. The fraction of sp³-hybridized carbons (Fsp3) is 0.375. The van der Waals surface area contributed by atoms with E-state index in [2.05, 4.69) is 29.7 Å². The summed E-state index contributed by atoms with van der Waals surface area (Å²) in [4.78, 5) is 0. The predicted octanol–water partition coefficient (Wildman–Crippen LogP) is 3.41. The Balaban J connectivity index is 1.93. The Morgan fingerprint density at radius 2 is 2.16 bits per heavy atom. The first-order valence-electron chi connectivity index (χ1n) is 6.89. The molecule has 0 aliphatic heterocycles. The zero-order valence-corrected chi connectivity index (χ0v) is 11.2. The van der Waals surface area contributed by atoms with Gasteiger partial charge in [0.2, 0.25) is 0 Å². The van der Waals surface area contributed by atoms with Crippen LogP contribution < -0.4 is 11.3 Å². The average molecular weight is 256 g/mol. The third kappa shape index (κ3) is 2.31. The van der Waals surface area contributed by atoms with E-state index in [4.69, 9.17) is 10.3 Å². The van der Waals surface area contributed by atoms with Gasteiger partial charge in [-0.15, -0.1) is 0 Å². The maximum absolute atomic E-state index is 5.75. The Bertz CT molecular complexity index is 557. The van der Waals surface area contributed by atoms with Gasteiger partial charge in [0.1, 0.15) is 5.76 Å². The van der Waals surface area contributed by atoms with E-state index in [9.17, 15) is 0 Å². The summed E-state index contributed by atoms with van der Waals surface area (Å²) >= 11 is 0. The van der Waals surface area contributed by atoms with Gasteiger partial charge in [-0.3, -0.25) is 5.84 Å². The van der Waals surface area contributed by atoms with Gasteiger partial charge in [-0.2, -0.15) is 0 Å². The van der Waals surface area contributed by atoms with Crippen molar-refractivity contribution in [3.05, 3.63) is 59.0 Å². The molecule has 1 atom stereocenters. The second kappa shape index (κ2) is 5.19. The quantitative estimate of drug-likeness (QED) is 0.651. The zero-order chi connectivity index (χ0) is 13.2. The third-order valence-corrected chi connectivity index (χ3v) is 4.20. The van der Waals surface area contributed by atoms with Gasteiger partial charge in [0.15, 0.2) is 0 Å². The number of rotatable bonds is 4. The molecule has 3 rings (SSSR count). The molecule has 1 fully saturated rings. The number of furan rings is 1. The van der Waals surface area contributed by atoms with Crippen LogP contribution in [0.3, 0.4) is 0 Å². The lowest BCUT2D eigenvalue weighted by atomic mass is 9.79. The number of hydrogen-bond acceptors (Lipinski definition) is 3. The van der Waals surface area contributed by atoms with E-state index in [1.165, 1.54) is 30.4 Å². The highest BCUT2D eigenvalue weighted by molar-refractivity contribution is 5.36. The molecule has 3 N–H and O–H groups in total. The normalized spacial score (nSPS) is 17.2. The minimum atomic E-state index is -0.00113. The predicted molar refractivity (Wildman–Crippen MR) is 75.6 cm³/mol. The number of aryl methyl sites for hydroxylation is 1. The third-order valence-electron chi connectivity index (χ3n) is 4.20. The van der Waals surface area contributed by atoms with Crippen molar-refractivity contribution >= 4 is 0 Å². The van der Waals surface area contributed by atoms with E-state index in [1.807, 2.05) is 13.0 Å². The van der Waals surface area contributed by atoms with Crippen LogP contribution >= 0.6 is 0 Å². The Hall–Kier alpha value is -1.58. The molecule has 2 aromatic rings. The average Bonchev–Trinajstić information content (AvgIpc) is 2.75. The lowest BCUT2D eigenvalue weighted by Crippen LogP contribution is -2.29. The number of nitrogens with one attached hydrogen (secondary N) is 1. The van der Waals surface area contributed by atoms with E-state index in [0.29, 0.717) is 0 Å². The second-order valence-corrected chi connectivity index (χ2v) is 5.33. The number of nitrogens with two attached hydrogens (primary N) is 1. The van der Waals surface area contributed by atoms with Gasteiger partial charge in [-0.05, 0) is 42.9 Å². The summed E-state index contributed by atoms with van der Waals surface area (Å²) in [5.74, 6) is 7.40. The fourth-order valence-corrected chi connectivity index (χ4v) is 2.79. The van der Waals surface area contributed by atoms with E-state index in [-0.39, 0.29) is 6.04 Å². The monoisotopic (exact) mass is 256 g/mol. The van der Waals surface area contributed by atoms with Crippen LogP contribution in [0, 0.1) is 6.92 Å². The summed E-state index contributed by atoms with van der Waals surface area (Å²) in [6, 6.07) is 10.7. The highest BCUT2D eigenvalue weighted by Crippen LogP contribution is 2.37. The first kappa shape index (κ1) is 12.5. The Morgan fingerprint density at radius 1 is 1.32 bits per heavy atom. The van der Waals surface area contributed by atoms with Gasteiger partial charge in [0, 0.05) is 5.56 Å². The Kier molecular flexibility index (Phi) is 3.40. The van der Waals surface area contributed by atoms with Crippen LogP contribution in [0.4, 0.5) is 0 Å². The molecule has 0 bridgehead atoms. The standard InChI is InChI=1S/C16H20N2O/c1-11-15(8-9-19-11)16(18-17)14-7-3-6-13(10-14)12-4-2-5-12/h3,6-10,12,16,18H,2,4-5,17H2,1H3. The molecule has 3 heteroatoms. The summed E-state index contributed by atoms with van der Waals surface area (Å²) in [7, 11) is 0. The van der Waals surface area contributed by atoms with Crippen LogP contribution in [0.2, 0.25) is 0 Å². The van der Waals surface area contributed by atoms with Crippen LogP contribution in [0.15, 0.2) is 41.0 Å². The number of benzene rings is 1. The van der Waals surface area contributed by atoms with Crippen LogP contribution in [0.1, 0.15) is 53.7 Å². The topological polar surface area (TPSA) is 51.2 Å². The molecule has 1 aliphatic rings. The van der Waals surface area contributed by atoms with Crippen LogP contribution in [-0.2, 0) is 0 Å². The van der Waals surface area contributed by atoms with Gasteiger partial charge in [-0.25, -0.2) is 5.43 Å². The van der Waals surface area contributed by atoms with Crippen LogP contribution in [-0.4, -0.2) is 0 Å². The van der Waals surface area contributed by atoms with Crippen molar-refractivity contribution in [3.8, 4) is 0 Å². The molecule has 0 radical (unpaired) electrons. The molecule has 1 unspecified atom stereocenters. The minimum Gasteiger partial charge on any atom is -0.469 e. The van der Waals surface area contributed by atoms with E-state index in [0.717, 1.165) is 17.2 Å². The molecule has 0 spiro atoms. The lowest BCUT2D eigenvalue weighted by Gasteiger charge is -2.27. The molecule has 1 aliphatic carbocycles. The van der Waals surface area contributed by atoms with Crippen LogP contribution in [0.5, 0.6) is 0 Å². The number of hydrogen-bond donors (Lipinski definition) is 2. The van der Waals surface area contributed by atoms with Gasteiger partial charge in [-0.1, -0.05) is 30.7 Å². The highest BCUT2D eigenvalue weighted by Gasteiger charge is 2.22. The lowest BCUT2D eigenvalue weighted by molar-refractivity contribution is 0.419. The smallest absolute Gasteiger partial charge is 0.105 e. The fourth-order valence-electron chi connectivity index (χ4n) is 2.79. The van der Waals surface area contributed by atoms with Gasteiger partial charge < -0.3 is 4.42 Å². The maximum atomic E-state index is 5.75. The van der Waals surface area contributed by atoms with Crippen molar-refractivity contribution in [1.82, 2.24) is 5.43 Å². The summed E-state index contributed by atoms with van der Waals surface area (Å²) in [5, 5.41) is 0. The summed E-state index contributed by atoms with van der Waals surface area (Å²) < 4.78 is 5.38. The molecular weight excluding hydrogens is 236 g/mol. The van der Waals surface area contributed by atoms with Crippen molar-refractivity contribution in [3.63, 3.8) is 0 Å². The largest absolute Gasteiger partial charge is 0.469 e. The van der Waals surface area contributed by atoms with Crippen molar-refractivity contribution in [2.75, 3.05) is 0 Å².